The minimum absolute atomic E-state index is 0.0763. The van der Waals surface area contributed by atoms with Gasteiger partial charge in [0.05, 0.1) is 25.6 Å². The highest BCUT2D eigenvalue weighted by Crippen LogP contribution is 2.36. The molecule has 1 aliphatic rings. The predicted molar refractivity (Wildman–Crippen MR) is 148 cm³/mol. The third-order valence-electron chi connectivity index (χ3n) is 6.20. The first-order chi connectivity index (χ1) is 19.2. The van der Waals surface area contributed by atoms with Gasteiger partial charge >= 0.3 is 0 Å². The van der Waals surface area contributed by atoms with Crippen molar-refractivity contribution in [2.75, 3.05) is 36.3 Å². The lowest BCUT2D eigenvalue weighted by atomic mass is 10.2. The minimum atomic E-state index is -0.816. The number of ether oxygens (including phenoxy) is 3. The topological polar surface area (TPSA) is 184 Å². The number of rotatable bonds is 11. The molecule has 3 aromatic rings. The maximum atomic E-state index is 12.1. The normalized spacial score (nSPS) is 14.2. The molecule has 13 nitrogen and oxygen atoms in total. The zero-order valence-electron chi connectivity index (χ0n) is 22.0. The van der Waals surface area contributed by atoms with Crippen molar-refractivity contribution in [1.29, 1.82) is 0 Å². The van der Waals surface area contributed by atoms with Crippen LogP contribution >= 0.6 is 0 Å². The number of nitrogens with zero attached hydrogens (tertiary/aromatic N) is 3. The van der Waals surface area contributed by atoms with Gasteiger partial charge in [0.15, 0.2) is 5.75 Å². The molecule has 208 valence electrons. The predicted octanol–water partition coefficient (Wildman–Crippen LogP) is 2.71. The van der Waals surface area contributed by atoms with Gasteiger partial charge in [0.2, 0.25) is 23.6 Å². The van der Waals surface area contributed by atoms with Crippen LogP contribution in [0.25, 0.3) is 0 Å². The number of carbonyl (C=O) groups is 3. The molecule has 0 aliphatic carbocycles. The van der Waals surface area contributed by atoms with Gasteiger partial charge in [0.25, 0.3) is 5.91 Å². The van der Waals surface area contributed by atoms with E-state index in [1.165, 1.54) is 32.5 Å². The molecule has 1 saturated heterocycles. The van der Waals surface area contributed by atoms with Crippen molar-refractivity contribution in [1.82, 2.24) is 9.97 Å². The van der Waals surface area contributed by atoms with Crippen LogP contribution < -0.4 is 41.2 Å². The van der Waals surface area contributed by atoms with E-state index in [-0.39, 0.29) is 40.8 Å². The summed E-state index contributed by atoms with van der Waals surface area (Å²) in [5.74, 6) is -0.666. The molecule has 0 radical (unpaired) electrons. The van der Waals surface area contributed by atoms with Crippen LogP contribution in [0.2, 0.25) is 0 Å². The Morgan fingerprint density at radius 1 is 1.07 bits per heavy atom. The number of anilines is 4. The number of primary amides is 2. The number of hydrogen-bond donors (Lipinski definition) is 4. The van der Waals surface area contributed by atoms with Gasteiger partial charge in [0, 0.05) is 30.6 Å². The van der Waals surface area contributed by atoms with E-state index in [0.29, 0.717) is 30.2 Å². The van der Waals surface area contributed by atoms with E-state index in [0.717, 1.165) is 18.2 Å². The van der Waals surface area contributed by atoms with Crippen molar-refractivity contribution in [3.8, 4) is 23.1 Å². The van der Waals surface area contributed by atoms with Crippen LogP contribution in [-0.2, 0) is 9.59 Å². The first kappa shape index (κ1) is 27.7. The van der Waals surface area contributed by atoms with Gasteiger partial charge in [-0.1, -0.05) is 6.58 Å². The quantitative estimate of drug-likeness (QED) is 0.260. The van der Waals surface area contributed by atoms with Gasteiger partial charge in [-0.05, 0) is 43.2 Å². The smallest absolute Gasteiger partial charge is 0.255 e. The maximum Gasteiger partial charge on any atom is 0.255 e. The van der Waals surface area contributed by atoms with Gasteiger partial charge in [-0.3, -0.25) is 14.4 Å². The molecule has 6 N–H and O–H groups in total. The summed E-state index contributed by atoms with van der Waals surface area (Å²) in [4.78, 5) is 46.4. The maximum absolute atomic E-state index is 12.1. The number of methoxy groups -OCH3 is 2. The van der Waals surface area contributed by atoms with E-state index in [1.807, 2.05) is 11.0 Å². The molecule has 0 saturated carbocycles. The standard InChI is InChI=1S/C27H29N7O6/c1-4-23(35)31-19-13-16(38-2)8-10-21(19)40-26-17(24(28)36)14-30-27(33-26)32-18-9-7-15(12-22(18)39-3)34-11-5-6-20(34)25(29)37/h4,7-10,12-14,20H,1,5-6,11H2,2-3H3,(H2,28,36)(H2,29,37)(H,31,35)(H,30,32,33)/t20-/m0/s1. The zero-order chi connectivity index (χ0) is 28.8. The molecule has 2 heterocycles. The number of nitrogens with one attached hydrogen (secondary N) is 2. The largest absolute Gasteiger partial charge is 0.497 e. The summed E-state index contributed by atoms with van der Waals surface area (Å²) < 4.78 is 16.7. The molecule has 2 aromatic carbocycles. The van der Waals surface area contributed by atoms with Crippen molar-refractivity contribution in [3.63, 3.8) is 0 Å². The molecular weight excluding hydrogens is 518 g/mol. The lowest BCUT2D eigenvalue weighted by Crippen LogP contribution is -2.40. The third kappa shape index (κ3) is 6.04. The number of nitrogens with two attached hydrogens (primary N) is 2. The van der Waals surface area contributed by atoms with E-state index in [1.54, 1.807) is 18.2 Å². The molecule has 1 fully saturated rings. The Hall–Kier alpha value is -5.33. The lowest BCUT2D eigenvalue weighted by Gasteiger charge is -2.25. The molecule has 1 aromatic heterocycles. The minimum Gasteiger partial charge on any atom is -0.497 e. The second kappa shape index (κ2) is 12.0. The fraction of sp³-hybridized carbons (Fsp3) is 0.222. The summed E-state index contributed by atoms with van der Waals surface area (Å²) in [6.45, 7) is 4.14. The number of amides is 3. The van der Waals surface area contributed by atoms with Crippen LogP contribution in [-0.4, -0.2) is 54.5 Å². The summed E-state index contributed by atoms with van der Waals surface area (Å²) in [5, 5.41) is 5.67. The van der Waals surface area contributed by atoms with Crippen LogP contribution in [0.4, 0.5) is 23.0 Å². The molecule has 0 bridgehead atoms. The number of hydrogen-bond acceptors (Lipinski definition) is 10. The molecule has 0 spiro atoms. The molecule has 40 heavy (non-hydrogen) atoms. The fourth-order valence-corrected chi connectivity index (χ4v) is 4.24. The Balaban J connectivity index is 1.65. The van der Waals surface area contributed by atoms with Crippen LogP contribution in [0.3, 0.4) is 0 Å². The summed E-state index contributed by atoms with van der Waals surface area (Å²) in [5.41, 5.74) is 12.6. The Labute approximate surface area is 230 Å². The number of carbonyl (C=O) groups excluding carboxylic acids is 3. The number of benzene rings is 2. The molecule has 1 aliphatic heterocycles. The van der Waals surface area contributed by atoms with Gasteiger partial charge in [-0.25, -0.2) is 4.98 Å². The summed E-state index contributed by atoms with van der Waals surface area (Å²) in [6, 6.07) is 9.67. The van der Waals surface area contributed by atoms with E-state index in [4.69, 9.17) is 25.7 Å². The van der Waals surface area contributed by atoms with Crippen LogP contribution in [0.1, 0.15) is 23.2 Å². The van der Waals surface area contributed by atoms with E-state index in [9.17, 15) is 14.4 Å². The van der Waals surface area contributed by atoms with Gasteiger partial charge < -0.3 is 41.2 Å². The number of aromatic nitrogens is 2. The fourth-order valence-electron chi connectivity index (χ4n) is 4.24. The highest BCUT2D eigenvalue weighted by atomic mass is 16.5. The Bertz CT molecular complexity index is 1460. The third-order valence-corrected chi connectivity index (χ3v) is 6.20. The van der Waals surface area contributed by atoms with Gasteiger partial charge in [0.1, 0.15) is 23.1 Å². The van der Waals surface area contributed by atoms with Crippen molar-refractivity contribution in [2.24, 2.45) is 11.5 Å². The first-order valence-electron chi connectivity index (χ1n) is 12.2. The SMILES string of the molecule is C=CC(=O)Nc1cc(OC)ccc1Oc1nc(Nc2ccc(N3CCC[C@H]3C(N)=O)cc2OC)ncc1C(N)=O. The molecule has 0 unspecified atom stereocenters. The second-order valence-electron chi connectivity index (χ2n) is 8.70. The Morgan fingerprint density at radius 2 is 1.88 bits per heavy atom. The summed E-state index contributed by atoms with van der Waals surface area (Å²) >= 11 is 0. The molecule has 3 amide bonds. The highest BCUT2D eigenvalue weighted by molar-refractivity contribution is 6.00. The van der Waals surface area contributed by atoms with E-state index < -0.39 is 11.8 Å². The molecule has 13 heteroatoms. The van der Waals surface area contributed by atoms with Gasteiger partial charge in [-0.2, -0.15) is 4.98 Å². The van der Waals surface area contributed by atoms with Crippen molar-refractivity contribution < 1.29 is 28.6 Å². The van der Waals surface area contributed by atoms with Crippen LogP contribution in [0.5, 0.6) is 23.1 Å². The average Bonchev–Trinajstić information content (AvgIpc) is 3.44. The summed E-state index contributed by atoms with van der Waals surface area (Å²) in [6.07, 6.45) is 3.86. The zero-order valence-corrected chi connectivity index (χ0v) is 22.0. The van der Waals surface area contributed by atoms with E-state index in [2.05, 4.69) is 27.2 Å². The summed E-state index contributed by atoms with van der Waals surface area (Å²) in [7, 11) is 2.98. The highest BCUT2D eigenvalue weighted by Gasteiger charge is 2.29. The average molecular weight is 548 g/mol. The lowest BCUT2D eigenvalue weighted by molar-refractivity contribution is -0.119. The Kier molecular flexibility index (Phi) is 8.33. The Morgan fingerprint density at radius 3 is 2.55 bits per heavy atom. The second-order valence-corrected chi connectivity index (χ2v) is 8.70. The van der Waals surface area contributed by atoms with Crippen LogP contribution in [0.15, 0.2) is 55.3 Å². The first-order valence-corrected chi connectivity index (χ1v) is 12.2. The van der Waals surface area contributed by atoms with Gasteiger partial charge in [-0.15, -0.1) is 0 Å². The molecule has 4 rings (SSSR count). The van der Waals surface area contributed by atoms with E-state index >= 15 is 0 Å². The molecule has 1 atom stereocenters. The monoisotopic (exact) mass is 547 g/mol. The van der Waals surface area contributed by atoms with Crippen molar-refractivity contribution in [3.05, 3.63) is 60.8 Å². The molecular formula is C27H29N7O6. The van der Waals surface area contributed by atoms with Crippen molar-refractivity contribution in [2.45, 2.75) is 18.9 Å². The van der Waals surface area contributed by atoms with Crippen LogP contribution in [0, 0.1) is 0 Å². The van der Waals surface area contributed by atoms with Crippen molar-refractivity contribution >= 4 is 40.7 Å².